The highest BCUT2D eigenvalue weighted by Gasteiger charge is 2.60. The molecule has 0 saturated carbocycles. The van der Waals surface area contributed by atoms with Crippen LogP contribution in [0.5, 0.6) is 0 Å². The Morgan fingerprint density at radius 2 is 2.25 bits per heavy atom. The number of pyridine rings is 1. The molecule has 3 saturated heterocycles. The summed E-state index contributed by atoms with van der Waals surface area (Å²) >= 11 is 0. The van der Waals surface area contributed by atoms with E-state index in [4.69, 9.17) is 14.0 Å². The average molecular weight is 330 g/mol. The number of quaternary nitrogens is 1. The molecule has 0 amide bonds. The third kappa shape index (κ3) is 2.03. The van der Waals surface area contributed by atoms with Gasteiger partial charge in [0.05, 0.1) is 19.9 Å². The van der Waals surface area contributed by atoms with Gasteiger partial charge >= 0.3 is 6.01 Å². The minimum absolute atomic E-state index is 0.261. The van der Waals surface area contributed by atoms with E-state index in [0.29, 0.717) is 40.2 Å². The van der Waals surface area contributed by atoms with Crippen molar-refractivity contribution in [3.8, 4) is 0 Å². The average Bonchev–Trinajstić information content (AvgIpc) is 3.20. The summed E-state index contributed by atoms with van der Waals surface area (Å²) in [5.41, 5.74) is 1.13. The van der Waals surface area contributed by atoms with Crippen LogP contribution in [-0.4, -0.2) is 59.5 Å². The lowest BCUT2D eigenvalue weighted by atomic mass is 9.75. The molecule has 0 aromatic carbocycles. The lowest BCUT2D eigenvalue weighted by Crippen LogP contribution is -2.69. The quantitative estimate of drug-likeness (QED) is 0.842. The molecule has 0 aliphatic carbocycles. The first-order chi connectivity index (χ1) is 11.7. The number of hydroxylamine groups is 3. The van der Waals surface area contributed by atoms with Crippen molar-refractivity contribution in [1.29, 1.82) is 0 Å². The second kappa shape index (κ2) is 4.90. The number of nitrogens with one attached hydrogen (secondary N) is 1. The third-order valence-corrected chi connectivity index (χ3v) is 5.65. The van der Waals surface area contributed by atoms with E-state index in [1.807, 2.05) is 0 Å². The molecule has 2 aromatic rings. The van der Waals surface area contributed by atoms with Gasteiger partial charge in [0.2, 0.25) is 0 Å². The predicted molar refractivity (Wildman–Crippen MR) is 86.1 cm³/mol. The van der Waals surface area contributed by atoms with Gasteiger partial charge in [0.15, 0.2) is 17.7 Å². The van der Waals surface area contributed by atoms with Crippen LogP contribution in [0.15, 0.2) is 27.9 Å². The van der Waals surface area contributed by atoms with Gasteiger partial charge in [0.25, 0.3) is 6.02 Å². The summed E-state index contributed by atoms with van der Waals surface area (Å²) in [5, 5.41) is 3.07. The summed E-state index contributed by atoms with van der Waals surface area (Å²) in [6.07, 6.45) is 5.58. The van der Waals surface area contributed by atoms with Crippen LogP contribution >= 0.6 is 0 Å². The number of piperidine rings is 3. The highest BCUT2D eigenvalue weighted by molar-refractivity contribution is 5.89. The van der Waals surface area contributed by atoms with Crippen LogP contribution in [0, 0.1) is 5.92 Å². The van der Waals surface area contributed by atoms with Crippen LogP contribution in [0.2, 0.25) is 0 Å². The minimum Gasteiger partial charge on any atom is -0.450 e. The maximum absolute atomic E-state index is 6.28. The molecule has 2 bridgehead atoms. The van der Waals surface area contributed by atoms with Crippen LogP contribution in [0.4, 0.5) is 6.01 Å². The number of nitrogens with zero attached hydrogens (tertiary/aromatic N) is 4. The number of aliphatic imine (C=N–C) groups is 1. The van der Waals surface area contributed by atoms with Crippen molar-refractivity contribution in [3.05, 3.63) is 18.5 Å². The molecule has 0 radical (unpaired) electrons. The molecule has 4 aliphatic rings. The number of rotatable bonds is 2. The molecule has 126 valence electrons. The highest BCUT2D eigenvalue weighted by Crippen LogP contribution is 2.44. The Bertz CT molecular complexity index is 778. The second-order valence-electron chi connectivity index (χ2n) is 6.90. The van der Waals surface area contributed by atoms with Crippen molar-refractivity contribution >= 4 is 23.1 Å². The van der Waals surface area contributed by atoms with E-state index in [1.165, 1.54) is 0 Å². The first-order valence-corrected chi connectivity index (χ1v) is 8.33. The van der Waals surface area contributed by atoms with E-state index in [-0.39, 0.29) is 5.60 Å². The SMILES string of the molecule is CO[N+]12CCC(CC1)[C@]1(CN=C(Nc3nc4cnccc4o3)O1)C2. The smallest absolute Gasteiger partial charge is 0.303 e. The van der Waals surface area contributed by atoms with Crippen molar-refractivity contribution < 1.29 is 18.6 Å². The van der Waals surface area contributed by atoms with Crippen LogP contribution in [0.1, 0.15) is 12.8 Å². The summed E-state index contributed by atoms with van der Waals surface area (Å²) in [5.74, 6) is 0.531. The molecule has 2 aromatic heterocycles. The first-order valence-electron chi connectivity index (χ1n) is 8.33. The van der Waals surface area contributed by atoms with Crippen molar-refractivity contribution in [2.24, 2.45) is 10.9 Å². The maximum atomic E-state index is 6.28. The summed E-state index contributed by atoms with van der Waals surface area (Å²) in [6, 6.07) is 2.65. The molecule has 6 heterocycles. The van der Waals surface area contributed by atoms with Crippen molar-refractivity contribution in [1.82, 2.24) is 9.97 Å². The largest absolute Gasteiger partial charge is 0.450 e. The van der Waals surface area contributed by atoms with E-state index in [1.54, 1.807) is 25.6 Å². The van der Waals surface area contributed by atoms with Gasteiger partial charge in [-0.15, -0.1) is 0 Å². The van der Waals surface area contributed by atoms with E-state index < -0.39 is 0 Å². The van der Waals surface area contributed by atoms with Gasteiger partial charge < -0.3 is 9.15 Å². The van der Waals surface area contributed by atoms with Gasteiger partial charge in [-0.3, -0.25) is 10.3 Å². The van der Waals surface area contributed by atoms with E-state index in [0.717, 1.165) is 32.5 Å². The summed E-state index contributed by atoms with van der Waals surface area (Å²) in [4.78, 5) is 18.8. The number of hydrogen-bond acceptors (Lipinski definition) is 7. The van der Waals surface area contributed by atoms with Crippen LogP contribution in [0.25, 0.3) is 11.1 Å². The maximum Gasteiger partial charge on any atom is 0.303 e. The summed E-state index contributed by atoms with van der Waals surface area (Å²) in [6.45, 7) is 3.63. The van der Waals surface area contributed by atoms with Gasteiger partial charge in [-0.1, -0.05) is 0 Å². The summed E-state index contributed by atoms with van der Waals surface area (Å²) in [7, 11) is 1.79. The number of amidine groups is 1. The number of anilines is 1. The van der Waals surface area contributed by atoms with Crippen LogP contribution in [-0.2, 0) is 9.57 Å². The predicted octanol–water partition coefficient (Wildman–Crippen LogP) is 1.56. The van der Waals surface area contributed by atoms with Gasteiger partial charge in [-0.2, -0.15) is 9.63 Å². The van der Waals surface area contributed by atoms with Crippen molar-refractivity contribution in [2.45, 2.75) is 18.4 Å². The van der Waals surface area contributed by atoms with Crippen LogP contribution in [0.3, 0.4) is 0 Å². The molecular formula is C16H20N5O3+. The Kier molecular flexibility index (Phi) is 2.90. The minimum atomic E-state index is -0.261. The van der Waals surface area contributed by atoms with E-state index >= 15 is 0 Å². The Balaban J connectivity index is 1.35. The molecular weight excluding hydrogens is 310 g/mol. The molecule has 8 heteroatoms. The number of fused-ring (bicyclic) bond motifs is 3. The van der Waals surface area contributed by atoms with Crippen molar-refractivity contribution in [3.63, 3.8) is 0 Å². The fraction of sp³-hybridized carbons (Fsp3) is 0.562. The van der Waals surface area contributed by atoms with Crippen molar-refractivity contribution in [2.75, 3.05) is 38.6 Å². The molecule has 0 unspecified atom stereocenters. The van der Waals surface area contributed by atoms with E-state index in [2.05, 4.69) is 20.3 Å². The first kappa shape index (κ1) is 14.2. The highest BCUT2D eigenvalue weighted by atomic mass is 16.7. The third-order valence-electron chi connectivity index (χ3n) is 5.65. The Morgan fingerprint density at radius 3 is 3.04 bits per heavy atom. The standard InChI is InChI=1S/C16H20N5O3/c1-22-21-6-3-11(4-7-21)16(10-21)9-18-14(24-16)20-15-19-12-8-17-5-2-13(12)23-15/h2,5,8,11H,3-4,6-7,9-10H2,1H3,(H,18,19,20)/q+1/t11?,16-,21?/m0/s1. The topological polar surface area (TPSA) is 81.8 Å². The molecule has 8 nitrogen and oxygen atoms in total. The Labute approximate surface area is 139 Å². The lowest BCUT2D eigenvalue weighted by Gasteiger charge is -2.53. The van der Waals surface area contributed by atoms with Gasteiger partial charge in [0.1, 0.15) is 18.6 Å². The fourth-order valence-electron chi connectivity index (χ4n) is 4.33. The number of ether oxygens (including phenoxy) is 1. The molecule has 1 atom stereocenters. The Morgan fingerprint density at radius 1 is 1.38 bits per heavy atom. The molecule has 1 N–H and O–H groups in total. The zero-order chi connectivity index (χ0) is 16.2. The number of hydrogen-bond donors (Lipinski definition) is 1. The molecule has 1 spiro atoms. The fourth-order valence-corrected chi connectivity index (χ4v) is 4.33. The Hall–Kier alpha value is -2.19. The molecule has 6 rings (SSSR count). The molecule has 3 fully saturated rings. The molecule has 4 aliphatic heterocycles. The lowest BCUT2D eigenvalue weighted by molar-refractivity contribution is -1.12. The zero-order valence-corrected chi connectivity index (χ0v) is 13.6. The summed E-state index contributed by atoms with van der Waals surface area (Å²) < 4.78 is 12.6. The van der Waals surface area contributed by atoms with Gasteiger partial charge in [0, 0.05) is 31.0 Å². The molecule has 24 heavy (non-hydrogen) atoms. The number of oxazole rings is 1. The van der Waals surface area contributed by atoms with Gasteiger partial charge in [-0.25, -0.2) is 9.83 Å². The number of aromatic nitrogens is 2. The monoisotopic (exact) mass is 330 g/mol. The second-order valence-corrected chi connectivity index (χ2v) is 6.90. The normalized spacial score (nSPS) is 34.5. The van der Waals surface area contributed by atoms with E-state index in [9.17, 15) is 0 Å². The zero-order valence-electron chi connectivity index (χ0n) is 13.6. The van der Waals surface area contributed by atoms with Crippen LogP contribution < -0.4 is 5.32 Å². The van der Waals surface area contributed by atoms with Gasteiger partial charge in [-0.05, 0) is 0 Å².